The second-order valence-corrected chi connectivity index (χ2v) is 6.56. The Balaban J connectivity index is 2.41. The maximum atomic E-state index is 5.90. The van der Waals surface area contributed by atoms with Gasteiger partial charge in [-0.05, 0) is 35.4 Å². The molecule has 0 radical (unpaired) electrons. The number of hydrogen-bond acceptors (Lipinski definition) is 3. The summed E-state index contributed by atoms with van der Waals surface area (Å²) in [5.41, 5.74) is 17.8. The highest BCUT2D eigenvalue weighted by atomic mass is 79.9. The number of anilines is 2. The van der Waals surface area contributed by atoms with Gasteiger partial charge < -0.3 is 11.5 Å². The van der Waals surface area contributed by atoms with E-state index in [1.165, 1.54) is 0 Å². The van der Waals surface area contributed by atoms with E-state index in [1.54, 1.807) is 0 Å². The molecule has 1 aliphatic carbocycles. The second-order valence-electron chi connectivity index (χ2n) is 4.34. The molecule has 92 valence electrons. The summed E-state index contributed by atoms with van der Waals surface area (Å²) in [5, 5.41) is 0.00889. The third-order valence-electron chi connectivity index (χ3n) is 3.13. The zero-order valence-electron chi connectivity index (χ0n) is 9.24. The van der Waals surface area contributed by atoms with Crippen LogP contribution in [0, 0.1) is 0 Å². The van der Waals surface area contributed by atoms with Gasteiger partial charge in [0.1, 0.15) is 0 Å². The zero-order valence-corrected chi connectivity index (χ0v) is 13.3. The summed E-state index contributed by atoms with van der Waals surface area (Å²) in [6.45, 7) is 0. The molecule has 0 bridgehead atoms. The van der Waals surface area contributed by atoms with Gasteiger partial charge in [0, 0.05) is 31.4 Å². The van der Waals surface area contributed by atoms with Crippen molar-refractivity contribution in [2.75, 3.05) is 11.5 Å². The molecule has 0 saturated carbocycles. The highest BCUT2D eigenvalue weighted by Crippen LogP contribution is 2.53. The van der Waals surface area contributed by atoms with Crippen molar-refractivity contribution in [2.24, 2.45) is 0 Å². The van der Waals surface area contributed by atoms with Crippen LogP contribution in [0.3, 0.4) is 0 Å². The maximum Gasteiger partial charge on any atom is 0.0531 e. The van der Waals surface area contributed by atoms with Crippen molar-refractivity contribution < 1.29 is 0 Å². The molecule has 0 unspecified atom stereocenters. The Morgan fingerprint density at radius 1 is 0.833 bits per heavy atom. The summed E-state index contributed by atoms with van der Waals surface area (Å²) in [7, 11) is 0. The first-order valence-corrected chi connectivity index (χ1v) is 7.45. The lowest BCUT2D eigenvalue weighted by Crippen LogP contribution is -1.91. The predicted molar refractivity (Wildman–Crippen MR) is 86.9 cm³/mol. The molecule has 1 aliphatic rings. The van der Waals surface area contributed by atoms with E-state index in [1.807, 2.05) is 24.3 Å². The molecule has 2 nitrogen and oxygen atoms in total. The van der Waals surface area contributed by atoms with Gasteiger partial charge in [-0.15, -0.1) is 0 Å². The van der Waals surface area contributed by atoms with E-state index in [2.05, 4.69) is 44.5 Å². The topological polar surface area (TPSA) is 52.0 Å². The van der Waals surface area contributed by atoms with Gasteiger partial charge in [-0.3, -0.25) is 0 Å². The largest absolute Gasteiger partial charge is 0.399 e. The van der Waals surface area contributed by atoms with Gasteiger partial charge in [0.05, 0.1) is 5.25 Å². The lowest BCUT2D eigenvalue weighted by Gasteiger charge is -2.08. The van der Waals surface area contributed by atoms with E-state index in [0.29, 0.717) is 0 Å². The van der Waals surface area contributed by atoms with Crippen LogP contribution in [0.2, 0.25) is 0 Å². The van der Waals surface area contributed by atoms with E-state index < -0.39 is 0 Å². The molecule has 0 atom stereocenters. The van der Waals surface area contributed by atoms with Crippen molar-refractivity contribution in [1.29, 1.82) is 0 Å². The summed E-state index contributed by atoms with van der Waals surface area (Å²) in [5.74, 6) is 0. The molecule has 0 fully saturated rings. The minimum Gasteiger partial charge on any atom is -0.399 e. The summed E-state index contributed by atoms with van der Waals surface area (Å²) >= 11 is 11.9. The van der Waals surface area contributed by atoms with Crippen LogP contribution in [-0.2, 0) is 0 Å². The number of nitrogen functional groups attached to an aromatic ring is 2. The van der Waals surface area contributed by atoms with Crippen molar-refractivity contribution in [3.05, 3.63) is 44.3 Å². The van der Waals surface area contributed by atoms with Gasteiger partial charge in [-0.25, -0.2) is 0 Å². The van der Waals surface area contributed by atoms with Crippen LogP contribution in [0.1, 0.15) is 16.4 Å². The van der Waals surface area contributed by atoms with Crippen LogP contribution in [0.5, 0.6) is 0 Å². The number of benzene rings is 2. The van der Waals surface area contributed by atoms with E-state index in [4.69, 9.17) is 11.5 Å². The molecule has 2 aromatic carbocycles. The Labute approximate surface area is 127 Å². The fraction of sp³-hybridized carbons (Fsp3) is 0.0769. The van der Waals surface area contributed by atoms with Crippen molar-refractivity contribution in [3.8, 4) is 11.1 Å². The smallest absolute Gasteiger partial charge is 0.0531 e. The average molecular weight is 386 g/mol. The lowest BCUT2D eigenvalue weighted by atomic mass is 10.1. The fourth-order valence-electron chi connectivity index (χ4n) is 2.43. The van der Waals surface area contributed by atoms with Gasteiger partial charge in [0.25, 0.3) is 0 Å². The summed E-state index contributed by atoms with van der Waals surface area (Å²) in [4.78, 5) is 0. The lowest BCUT2D eigenvalue weighted by molar-refractivity contribution is 1.23. The van der Waals surface area contributed by atoms with Gasteiger partial charge in [0.15, 0.2) is 0 Å². The molecular formula is C13H10Br2N2S. The van der Waals surface area contributed by atoms with Crippen LogP contribution >= 0.6 is 44.5 Å². The summed E-state index contributed by atoms with van der Waals surface area (Å²) < 4.78 is 1.97. The Morgan fingerprint density at radius 3 is 1.61 bits per heavy atom. The molecule has 18 heavy (non-hydrogen) atoms. The first-order valence-electron chi connectivity index (χ1n) is 5.35. The van der Waals surface area contributed by atoms with Crippen LogP contribution < -0.4 is 11.5 Å². The normalized spacial score (nSPS) is 13.5. The van der Waals surface area contributed by atoms with E-state index in [-0.39, 0.29) is 5.25 Å². The standard InChI is InChI=1S/C13H10Br2N2S/c14-9-3-5(16)1-7-11(9)12-8(13(7)18)2-6(17)4-10(12)15/h1-4,13,18H,16-17H2. The monoisotopic (exact) mass is 384 g/mol. The third kappa shape index (κ3) is 1.68. The summed E-state index contributed by atoms with van der Waals surface area (Å²) in [6.07, 6.45) is 0. The molecule has 0 spiro atoms. The minimum atomic E-state index is 0.00889. The number of thiol groups is 1. The van der Waals surface area contributed by atoms with Crippen molar-refractivity contribution in [2.45, 2.75) is 5.25 Å². The highest BCUT2D eigenvalue weighted by molar-refractivity contribution is 9.11. The number of fused-ring (bicyclic) bond motifs is 3. The molecule has 4 N–H and O–H groups in total. The number of rotatable bonds is 0. The van der Waals surface area contributed by atoms with E-state index in [9.17, 15) is 0 Å². The van der Waals surface area contributed by atoms with Crippen LogP contribution in [-0.4, -0.2) is 0 Å². The van der Waals surface area contributed by atoms with Gasteiger partial charge in [-0.2, -0.15) is 12.6 Å². The summed E-state index contributed by atoms with van der Waals surface area (Å²) in [6, 6.07) is 7.77. The average Bonchev–Trinajstić information content (AvgIpc) is 2.54. The van der Waals surface area contributed by atoms with E-state index >= 15 is 0 Å². The van der Waals surface area contributed by atoms with Crippen LogP contribution in [0.25, 0.3) is 11.1 Å². The minimum absolute atomic E-state index is 0.00889. The first kappa shape index (κ1) is 12.4. The molecule has 0 saturated heterocycles. The Hall–Kier alpha value is -0.650. The molecule has 5 heteroatoms. The van der Waals surface area contributed by atoms with E-state index in [0.717, 1.165) is 42.6 Å². The van der Waals surface area contributed by atoms with Gasteiger partial charge in [0.2, 0.25) is 0 Å². The van der Waals surface area contributed by atoms with Crippen molar-refractivity contribution in [1.82, 2.24) is 0 Å². The third-order valence-corrected chi connectivity index (χ3v) is 4.93. The van der Waals surface area contributed by atoms with Crippen LogP contribution in [0.4, 0.5) is 11.4 Å². The first-order chi connectivity index (χ1) is 8.49. The molecule has 3 rings (SSSR count). The maximum absolute atomic E-state index is 5.90. The Bertz CT molecular complexity index is 613. The van der Waals surface area contributed by atoms with Gasteiger partial charge >= 0.3 is 0 Å². The molecule has 0 aromatic heterocycles. The van der Waals surface area contributed by atoms with Crippen LogP contribution in [0.15, 0.2) is 33.2 Å². The Morgan fingerprint density at radius 2 is 1.22 bits per heavy atom. The highest BCUT2D eigenvalue weighted by Gasteiger charge is 2.30. The zero-order chi connectivity index (χ0) is 13.0. The predicted octanol–water partition coefficient (Wildman–Crippen LogP) is 4.38. The SMILES string of the molecule is Nc1cc(Br)c2c(c1)C(S)c1cc(N)cc(Br)c1-2. The molecular weight excluding hydrogens is 376 g/mol. The van der Waals surface area contributed by atoms with Crippen molar-refractivity contribution in [3.63, 3.8) is 0 Å². The number of halogens is 2. The fourth-order valence-corrected chi connectivity index (χ4v) is 4.22. The Kier molecular flexibility index (Phi) is 2.88. The number of hydrogen-bond donors (Lipinski definition) is 3. The molecule has 2 aromatic rings. The quantitative estimate of drug-likeness (QED) is 0.465. The molecule has 0 aliphatic heterocycles. The molecule has 0 amide bonds. The molecule has 0 heterocycles. The number of nitrogens with two attached hydrogens (primary N) is 2. The van der Waals surface area contributed by atoms with Crippen molar-refractivity contribution >= 4 is 55.9 Å². The second kappa shape index (κ2) is 4.18. The van der Waals surface area contributed by atoms with Gasteiger partial charge in [-0.1, -0.05) is 31.9 Å².